The summed E-state index contributed by atoms with van der Waals surface area (Å²) >= 11 is 3.71. The lowest BCUT2D eigenvalue weighted by Crippen LogP contribution is -2.00. The SMILES string of the molecule is c1ccc(-c2nc(-c3ccccc3)nc(-c3cccc4sc5c(-c6cc(-c7ccccc7)c7sc8ccccc8c7c6)cccc5c34)n2)cc1. The normalized spacial score (nSPS) is 11.6. The van der Waals surface area contributed by atoms with E-state index in [-0.39, 0.29) is 0 Å². The van der Waals surface area contributed by atoms with Gasteiger partial charge in [-0.2, -0.15) is 0 Å². The van der Waals surface area contributed by atoms with Gasteiger partial charge >= 0.3 is 0 Å². The molecular formula is C45H27N3S2. The Balaban J connectivity index is 1.21. The molecule has 0 aliphatic rings. The monoisotopic (exact) mass is 673 g/mol. The van der Waals surface area contributed by atoms with Crippen LogP contribution in [0.3, 0.4) is 0 Å². The molecule has 50 heavy (non-hydrogen) atoms. The summed E-state index contributed by atoms with van der Waals surface area (Å²) < 4.78 is 5.10. The van der Waals surface area contributed by atoms with Crippen molar-refractivity contribution in [2.45, 2.75) is 0 Å². The molecule has 0 spiro atoms. The molecule has 0 saturated heterocycles. The summed E-state index contributed by atoms with van der Waals surface area (Å²) in [7, 11) is 0. The van der Waals surface area contributed by atoms with Crippen LogP contribution in [0.15, 0.2) is 164 Å². The number of hydrogen-bond acceptors (Lipinski definition) is 5. The van der Waals surface area contributed by atoms with Crippen LogP contribution in [0, 0.1) is 0 Å². The van der Waals surface area contributed by atoms with Gasteiger partial charge in [-0.05, 0) is 41.0 Å². The number of nitrogens with zero attached hydrogens (tertiary/aromatic N) is 3. The smallest absolute Gasteiger partial charge is 0.164 e. The number of aromatic nitrogens is 3. The summed E-state index contributed by atoms with van der Waals surface area (Å²) in [6.07, 6.45) is 0. The van der Waals surface area contributed by atoms with Crippen LogP contribution in [-0.2, 0) is 0 Å². The second-order valence-electron chi connectivity index (χ2n) is 12.4. The number of hydrogen-bond donors (Lipinski definition) is 0. The van der Waals surface area contributed by atoms with Gasteiger partial charge in [0.2, 0.25) is 0 Å². The lowest BCUT2D eigenvalue weighted by atomic mass is 9.95. The summed E-state index contributed by atoms with van der Waals surface area (Å²) in [6.45, 7) is 0. The molecule has 0 fully saturated rings. The van der Waals surface area contributed by atoms with Crippen LogP contribution in [0.2, 0.25) is 0 Å². The third-order valence-corrected chi connectivity index (χ3v) is 11.8. The number of benzene rings is 7. The highest BCUT2D eigenvalue weighted by molar-refractivity contribution is 7.27. The highest BCUT2D eigenvalue weighted by Crippen LogP contribution is 2.47. The Labute approximate surface area is 296 Å². The molecule has 10 rings (SSSR count). The van der Waals surface area contributed by atoms with Gasteiger partial charge in [0.1, 0.15) is 0 Å². The van der Waals surface area contributed by atoms with E-state index in [1.807, 2.05) is 59.1 Å². The molecular weight excluding hydrogens is 647 g/mol. The van der Waals surface area contributed by atoms with Gasteiger partial charge < -0.3 is 0 Å². The first-order valence-electron chi connectivity index (χ1n) is 16.6. The molecule has 0 bridgehead atoms. The first-order valence-corrected chi connectivity index (χ1v) is 18.2. The molecule has 0 aliphatic carbocycles. The Morgan fingerprint density at radius 2 is 0.840 bits per heavy atom. The van der Waals surface area contributed by atoms with E-state index in [9.17, 15) is 0 Å². The highest BCUT2D eigenvalue weighted by atomic mass is 32.1. The third-order valence-electron chi connectivity index (χ3n) is 9.34. The van der Waals surface area contributed by atoms with Crippen molar-refractivity contribution < 1.29 is 0 Å². The number of fused-ring (bicyclic) bond motifs is 6. The fraction of sp³-hybridized carbons (Fsp3) is 0. The number of thiophene rings is 2. The molecule has 0 aliphatic heterocycles. The molecule has 0 radical (unpaired) electrons. The van der Waals surface area contributed by atoms with E-state index in [1.54, 1.807) is 0 Å². The summed E-state index contributed by atoms with van der Waals surface area (Å²) in [6, 6.07) is 57.9. The van der Waals surface area contributed by atoms with Crippen molar-refractivity contribution in [1.29, 1.82) is 0 Å². The van der Waals surface area contributed by atoms with Crippen LogP contribution in [-0.4, -0.2) is 15.0 Å². The minimum Gasteiger partial charge on any atom is -0.208 e. The predicted octanol–water partition coefficient (Wildman–Crippen LogP) is 12.9. The molecule has 234 valence electrons. The Bertz CT molecular complexity index is 2800. The fourth-order valence-corrected chi connectivity index (χ4v) is 9.49. The lowest BCUT2D eigenvalue weighted by Gasteiger charge is -2.11. The quantitative estimate of drug-likeness (QED) is 0.182. The predicted molar refractivity (Wildman–Crippen MR) is 213 cm³/mol. The molecule has 0 N–H and O–H groups in total. The average molecular weight is 674 g/mol. The van der Waals surface area contributed by atoms with Crippen molar-refractivity contribution >= 4 is 63.0 Å². The first-order chi connectivity index (χ1) is 24.8. The van der Waals surface area contributed by atoms with Crippen LogP contribution >= 0.6 is 22.7 Å². The van der Waals surface area contributed by atoms with Crippen molar-refractivity contribution in [2.75, 3.05) is 0 Å². The Morgan fingerprint density at radius 3 is 1.56 bits per heavy atom. The lowest BCUT2D eigenvalue weighted by molar-refractivity contribution is 1.08. The molecule has 3 aromatic heterocycles. The van der Waals surface area contributed by atoms with E-state index in [4.69, 9.17) is 15.0 Å². The van der Waals surface area contributed by atoms with Crippen LogP contribution < -0.4 is 0 Å². The molecule has 5 heteroatoms. The van der Waals surface area contributed by atoms with Crippen LogP contribution in [0.5, 0.6) is 0 Å². The summed E-state index contributed by atoms with van der Waals surface area (Å²) in [4.78, 5) is 15.1. The van der Waals surface area contributed by atoms with E-state index in [2.05, 4.69) is 127 Å². The van der Waals surface area contributed by atoms with Gasteiger partial charge in [0.05, 0.1) is 0 Å². The van der Waals surface area contributed by atoms with E-state index in [0.29, 0.717) is 17.5 Å². The first kappa shape index (κ1) is 29.0. The zero-order chi connectivity index (χ0) is 33.0. The molecule has 0 atom stereocenters. The van der Waals surface area contributed by atoms with Gasteiger partial charge in [-0.1, -0.05) is 140 Å². The zero-order valence-electron chi connectivity index (χ0n) is 26.7. The van der Waals surface area contributed by atoms with E-state index >= 15 is 0 Å². The standard InChI is InChI=1S/C45H27N3S2/c1-4-14-28(15-5-1)36-26-31(27-37-33-20-10-11-24-38(33)49-42(36)37)32-21-12-22-34-40-35(23-13-25-39(40)50-41(32)34)45-47-43(29-16-6-2-7-17-29)46-44(48-45)30-18-8-3-9-19-30/h1-27H. The van der Waals surface area contributed by atoms with Gasteiger partial charge in [0.15, 0.2) is 17.5 Å². The maximum Gasteiger partial charge on any atom is 0.164 e. The van der Waals surface area contributed by atoms with Gasteiger partial charge in [-0.3, -0.25) is 0 Å². The Hall–Kier alpha value is -6.01. The van der Waals surface area contributed by atoms with Crippen LogP contribution in [0.4, 0.5) is 0 Å². The highest BCUT2D eigenvalue weighted by Gasteiger charge is 2.20. The Morgan fingerprint density at radius 1 is 0.320 bits per heavy atom. The zero-order valence-corrected chi connectivity index (χ0v) is 28.4. The van der Waals surface area contributed by atoms with Gasteiger partial charge in [0, 0.05) is 62.6 Å². The summed E-state index contributed by atoms with van der Waals surface area (Å²) in [5, 5.41) is 4.98. The summed E-state index contributed by atoms with van der Waals surface area (Å²) in [5.41, 5.74) is 7.88. The molecule has 0 unspecified atom stereocenters. The molecule has 3 nitrogen and oxygen atoms in total. The number of rotatable bonds is 5. The van der Waals surface area contributed by atoms with Crippen molar-refractivity contribution in [3.8, 4) is 56.4 Å². The minimum atomic E-state index is 0.663. The second-order valence-corrected chi connectivity index (χ2v) is 14.5. The summed E-state index contributed by atoms with van der Waals surface area (Å²) in [5.74, 6) is 2.00. The topological polar surface area (TPSA) is 38.7 Å². The second kappa shape index (κ2) is 11.8. The van der Waals surface area contributed by atoms with Crippen LogP contribution in [0.25, 0.3) is 96.8 Å². The molecule has 0 amide bonds. The van der Waals surface area contributed by atoms with Gasteiger partial charge in [-0.25, -0.2) is 15.0 Å². The largest absolute Gasteiger partial charge is 0.208 e. The van der Waals surface area contributed by atoms with Crippen molar-refractivity contribution in [2.24, 2.45) is 0 Å². The Kier molecular flexibility index (Phi) is 6.86. The van der Waals surface area contributed by atoms with Crippen molar-refractivity contribution in [1.82, 2.24) is 15.0 Å². The van der Waals surface area contributed by atoms with Crippen LogP contribution in [0.1, 0.15) is 0 Å². The maximum absolute atomic E-state index is 5.10. The van der Waals surface area contributed by atoms with E-state index < -0.39 is 0 Å². The van der Waals surface area contributed by atoms with E-state index in [1.165, 1.54) is 62.6 Å². The molecule has 7 aromatic carbocycles. The minimum absolute atomic E-state index is 0.663. The van der Waals surface area contributed by atoms with Gasteiger partial charge in [0.25, 0.3) is 0 Å². The molecule has 0 saturated carbocycles. The van der Waals surface area contributed by atoms with Crippen molar-refractivity contribution in [3.63, 3.8) is 0 Å². The molecule has 10 aromatic rings. The van der Waals surface area contributed by atoms with Crippen molar-refractivity contribution in [3.05, 3.63) is 164 Å². The molecule has 3 heterocycles. The average Bonchev–Trinajstić information content (AvgIpc) is 3.77. The van der Waals surface area contributed by atoms with E-state index in [0.717, 1.165) is 16.7 Å². The van der Waals surface area contributed by atoms with Gasteiger partial charge in [-0.15, -0.1) is 22.7 Å². The fourth-order valence-electron chi connectivity index (χ4n) is 7.01. The maximum atomic E-state index is 5.10. The third kappa shape index (κ3) is 4.82.